The second-order valence-electron chi connectivity index (χ2n) is 7.28. The van der Waals surface area contributed by atoms with Gasteiger partial charge in [-0.1, -0.05) is 42.5 Å². The van der Waals surface area contributed by atoms with Crippen LogP contribution in [0.25, 0.3) is 0 Å². The van der Waals surface area contributed by atoms with Crippen molar-refractivity contribution >= 4 is 11.8 Å². The van der Waals surface area contributed by atoms with E-state index < -0.39 is 5.82 Å². The van der Waals surface area contributed by atoms with E-state index in [-0.39, 0.29) is 30.1 Å². The monoisotopic (exact) mass is 382 g/mol. The molecule has 1 saturated carbocycles. The van der Waals surface area contributed by atoms with Crippen LogP contribution in [0.15, 0.2) is 54.6 Å². The predicted octanol–water partition coefficient (Wildman–Crippen LogP) is 2.68. The molecule has 4 rings (SSSR count). The van der Waals surface area contributed by atoms with E-state index in [1.807, 2.05) is 23.1 Å². The van der Waals surface area contributed by atoms with Crippen LogP contribution < -0.4 is 4.74 Å². The summed E-state index contributed by atoms with van der Waals surface area (Å²) in [4.78, 5) is 28.6. The maximum atomic E-state index is 13.6. The number of para-hydroxylation sites is 1. The fourth-order valence-corrected chi connectivity index (χ4v) is 3.74. The zero-order valence-electron chi connectivity index (χ0n) is 15.6. The number of nitrogens with zero attached hydrogens (tertiary/aromatic N) is 2. The first kappa shape index (κ1) is 18.5. The molecule has 1 saturated heterocycles. The van der Waals surface area contributed by atoms with Crippen molar-refractivity contribution in [2.75, 3.05) is 32.8 Å². The molecule has 1 aliphatic heterocycles. The number of rotatable bonds is 5. The van der Waals surface area contributed by atoms with Crippen LogP contribution in [-0.2, 0) is 9.59 Å². The molecule has 0 bridgehead atoms. The lowest BCUT2D eigenvalue weighted by Gasteiger charge is -2.35. The summed E-state index contributed by atoms with van der Waals surface area (Å²) in [6.45, 7) is 1.82. The normalized spacial score (nSPS) is 21.3. The highest BCUT2D eigenvalue weighted by atomic mass is 19.1. The largest absolute Gasteiger partial charge is 0.481 e. The molecule has 2 aliphatic rings. The van der Waals surface area contributed by atoms with Crippen LogP contribution in [-0.4, -0.2) is 54.4 Å². The van der Waals surface area contributed by atoms with Crippen molar-refractivity contribution < 1.29 is 18.7 Å². The van der Waals surface area contributed by atoms with E-state index in [1.54, 1.807) is 17.0 Å². The standard InChI is InChI=1S/C22H23FN2O3/c23-19-8-4-5-9-20(19)28-15-21(26)24-10-12-25(13-11-24)22(27)18-14-17(18)16-6-2-1-3-7-16/h1-9,17-18H,10-15H2. The Balaban J connectivity index is 1.24. The van der Waals surface area contributed by atoms with Crippen LogP contribution >= 0.6 is 0 Å². The Kier molecular flexibility index (Phi) is 5.28. The number of benzene rings is 2. The maximum absolute atomic E-state index is 13.6. The number of halogens is 1. The number of hydrogen-bond donors (Lipinski definition) is 0. The molecule has 2 amide bonds. The molecule has 2 aromatic rings. The van der Waals surface area contributed by atoms with Gasteiger partial charge in [0.05, 0.1) is 0 Å². The minimum atomic E-state index is -0.483. The average Bonchev–Trinajstić information content (AvgIpc) is 3.54. The van der Waals surface area contributed by atoms with E-state index in [9.17, 15) is 14.0 Å². The van der Waals surface area contributed by atoms with E-state index in [1.165, 1.54) is 17.7 Å². The third kappa shape index (κ3) is 4.01. The highest BCUT2D eigenvalue weighted by Crippen LogP contribution is 2.48. The van der Waals surface area contributed by atoms with Gasteiger partial charge in [0.1, 0.15) is 0 Å². The van der Waals surface area contributed by atoms with E-state index >= 15 is 0 Å². The SMILES string of the molecule is O=C(COc1ccccc1F)N1CCN(C(=O)C2CC2c2ccccc2)CC1. The van der Waals surface area contributed by atoms with Crippen molar-refractivity contribution in [2.45, 2.75) is 12.3 Å². The second-order valence-corrected chi connectivity index (χ2v) is 7.28. The molecule has 2 unspecified atom stereocenters. The Morgan fingerprint density at radius 2 is 1.57 bits per heavy atom. The summed E-state index contributed by atoms with van der Waals surface area (Å²) >= 11 is 0. The van der Waals surface area contributed by atoms with Gasteiger partial charge in [-0.05, 0) is 30.0 Å². The lowest BCUT2D eigenvalue weighted by Crippen LogP contribution is -2.52. The second kappa shape index (κ2) is 8.00. The van der Waals surface area contributed by atoms with Crippen LogP contribution in [0.5, 0.6) is 5.75 Å². The van der Waals surface area contributed by atoms with Crippen molar-refractivity contribution in [3.63, 3.8) is 0 Å². The number of amides is 2. The number of carbonyl (C=O) groups is 2. The van der Waals surface area contributed by atoms with E-state index in [0.29, 0.717) is 32.1 Å². The van der Waals surface area contributed by atoms with Gasteiger partial charge in [-0.2, -0.15) is 0 Å². The zero-order chi connectivity index (χ0) is 19.5. The first-order valence-corrected chi connectivity index (χ1v) is 9.62. The van der Waals surface area contributed by atoms with Gasteiger partial charge >= 0.3 is 0 Å². The molecule has 0 aromatic heterocycles. The summed E-state index contributed by atoms with van der Waals surface area (Å²) in [6, 6.07) is 16.2. The molecule has 2 fully saturated rings. The van der Waals surface area contributed by atoms with Gasteiger partial charge in [0.2, 0.25) is 5.91 Å². The van der Waals surface area contributed by atoms with Gasteiger partial charge in [0.25, 0.3) is 5.91 Å². The van der Waals surface area contributed by atoms with Crippen molar-refractivity contribution in [1.82, 2.24) is 9.80 Å². The average molecular weight is 382 g/mol. The summed E-state index contributed by atoms with van der Waals surface area (Å²) in [6.07, 6.45) is 0.901. The lowest BCUT2D eigenvalue weighted by molar-refractivity contribution is -0.141. The molecule has 0 spiro atoms. The number of piperazine rings is 1. The maximum Gasteiger partial charge on any atom is 0.260 e. The summed E-state index contributed by atoms with van der Waals surface area (Å²) in [7, 11) is 0. The summed E-state index contributed by atoms with van der Waals surface area (Å²) in [5.74, 6) is -0.0301. The summed E-state index contributed by atoms with van der Waals surface area (Å²) in [5, 5.41) is 0. The fourth-order valence-electron chi connectivity index (χ4n) is 3.74. The molecule has 28 heavy (non-hydrogen) atoms. The van der Waals surface area contributed by atoms with E-state index in [0.717, 1.165) is 6.42 Å². The van der Waals surface area contributed by atoms with Crippen molar-refractivity contribution in [1.29, 1.82) is 0 Å². The van der Waals surface area contributed by atoms with Crippen LogP contribution in [0.1, 0.15) is 17.9 Å². The zero-order valence-corrected chi connectivity index (χ0v) is 15.6. The van der Waals surface area contributed by atoms with Crippen LogP contribution in [0, 0.1) is 11.7 Å². The van der Waals surface area contributed by atoms with Gasteiger partial charge in [0.15, 0.2) is 18.2 Å². The molecule has 5 nitrogen and oxygen atoms in total. The fraction of sp³-hybridized carbons (Fsp3) is 0.364. The molecular weight excluding hydrogens is 359 g/mol. The molecule has 1 aliphatic carbocycles. The Morgan fingerprint density at radius 3 is 2.29 bits per heavy atom. The highest BCUT2D eigenvalue weighted by molar-refractivity contribution is 5.83. The minimum absolute atomic E-state index is 0.0639. The molecule has 2 aromatic carbocycles. The van der Waals surface area contributed by atoms with Gasteiger partial charge in [-0.25, -0.2) is 4.39 Å². The number of carbonyl (C=O) groups excluding carboxylic acids is 2. The predicted molar refractivity (Wildman–Crippen MR) is 102 cm³/mol. The first-order valence-electron chi connectivity index (χ1n) is 9.62. The lowest BCUT2D eigenvalue weighted by atomic mass is 10.1. The van der Waals surface area contributed by atoms with E-state index in [2.05, 4.69) is 12.1 Å². The molecular formula is C22H23FN2O3. The van der Waals surface area contributed by atoms with Crippen LogP contribution in [0.2, 0.25) is 0 Å². The van der Waals surface area contributed by atoms with Gasteiger partial charge in [-0.3, -0.25) is 9.59 Å². The number of hydrogen-bond acceptors (Lipinski definition) is 3. The quantitative estimate of drug-likeness (QED) is 0.799. The van der Waals surface area contributed by atoms with Gasteiger partial charge in [-0.15, -0.1) is 0 Å². The van der Waals surface area contributed by atoms with Crippen molar-refractivity contribution in [2.24, 2.45) is 5.92 Å². The Bertz CT molecular complexity index is 850. The third-order valence-corrected chi connectivity index (χ3v) is 5.47. The third-order valence-electron chi connectivity index (χ3n) is 5.47. The summed E-state index contributed by atoms with van der Waals surface area (Å²) < 4.78 is 18.9. The van der Waals surface area contributed by atoms with Crippen LogP contribution in [0.4, 0.5) is 4.39 Å². The van der Waals surface area contributed by atoms with Gasteiger partial charge in [0, 0.05) is 32.1 Å². The molecule has 2 atom stereocenters. The number of ether oxygens (including phenoxy) is 1. The van der Waals surface area contributed by atoms with Crippen molar-refractivity contribution in [3.05, 3.63) is 66.0 Å². The van der Waals surface area contributed by atoms with E-state index in [4.69, 9.17) is 4.74 Å². The van der Waals surface area contributed by atoms with Crippen LogP contribution in [0.3, 0.4) is 0 Å². The minimum Gasteiger partial charge on any atom is -0.481 e. The Morgan fingerprint density at radius 1 is 0.929 bits per heavy atom. The molecule has 0 radical (unpaired) electrons. The smallest absolute Gasteiger partial charge is 0.260 e. The Hall–Kier alpha value is -2.89. The van der Waals surface area contributed by atoms with Crippen molar-refractivity contribution in [3.8, 4) is 5.75 Å². The molecule has 1 heterocycles. The summed E-state index contributed by atoms with van der Waals surface area (Å²) in [5.41, 5.74) is 1.22. The first-order chi connectivity index (χ1) is 13.6. The Labute approximate surface area is 163 Å². The highest BCUT2D eigenvalue weighted by Gasteiger charge is 2.46. The molecule has 146 valence electrons. The molecule has 6 heteroatoms. The topological polar surface area (TPSA) is 49.9 Å². The van der Waals surface area contributed by atoms with Gasteiger partial charge < -0.3 is 14.5 Å². The molecule has 0 N–H and O–H groups in total.